The Hall–Kier alpha value is -2.15. The number of aromatic nitrogens is 3. The van der Waals surface area contributed by atoms with Crippen molar-refractivity contribution in [3.8, 4) is 0 Å². The maximum absolute atomic E-state index is 11.9. The number of nitrogens with zero attached hydrogens (tertiary/aromatic N) is 3. The Morgan fingerprint density at radius 2 is 2.45 bits per heavy atom. The van der Waals surface area contributed by atoms with Crippen LogP contribution in [0.2, 0.25) is 0 Å². The number of carbonyl (C=O) groups excluding carboxylic acids is 1. The molecular weight excluding hydrogens is 260 g/mol. The molecule has 2 aromatic heterocycles. The molecule has 0 aliphatic heterocycles. The highest BCUT2D eigenvalue weighted by molar-refractivity contribution is 5.76. The van der Waals surface area contributed by atoms with Gasteiger partial charge in [-0.3, -0.25) is 4.79 Å². The highest BCUT2D eigenvalue weighted by atomic mass is 16.3. The van der Waals surface area contributed by atoms with Crippen LogP contribution in [0.3, 0.4) is 0 Å². The average molecular weight is 278 g/mol. The summed E-state index contributed by atoms with van der Waals surface area (Å²) in [5, 5.41) is 19.4. The molecule has 1 atom stereocenters. The van der Waals surface area contributed by atoms with Gasteiger partial charge in [0.05, 0.1) is 18.0 Å². The van der Waals surface area contributed by atoms with Crippen LogP contribution in [0.5, 0.6) is 0 Å². The van der Waals surface area contributed by atoms with Crippen molar-refractivity contribution in [3.63, 3.8) is 0 Å². The first-order valence-electron chi connectivity index (χ1n) is 6.51. The first-order valence-corrected chi connectivity index (χ1v) is 6.51. The SMILES string of the molecule is CC(NC(=O)Cn1cc(CCCO)nn1)c1ccco1. The molecule has 2 rings (SSSR count). The molecule has 0 aromatic carbocycles. The van der Waals surface area contributed by atoms with Gasteiger partial charge in [0.2, 0.25) is 5.91 Å². The second-order valence-corrected chi connectivity index (χ2v) is 4.54. The van der Waals surface area contributed by atoms with Gasteiger partial charge in [-0.05, 0) is 31.9 Å². The Kier molecular flexibility index (Phi) is 4.89. The Morgan fingerprint density at radius 3 is 3.15 bits per heavy atom. The van der Waals surface area contributed by atoms with Gasteiger partial charge in [0.25, 0.3) is 0 Å². The molecule has 0 saturated carbocycles. The highest BCUT2D eigenvalue weighted by Gasteiger charge is 2.12. The third-order valence-corrected chi connectivity index (χ3v) is 2.83. The fourth-order valence-corrected chi connectivity index (χ4v) is 1.83. The predicted molar refractivity (Wildman–Crippen MR) is 70.7 cm³/mol. The second kappa shape index (κ2) is 6.85. The van der Waals surface area contributed by atoms with Gasteiger partial charge in [-0.2, -0.15) is 0 Å². The minimum Gasteiger partial charge on any atom is -0.467 e. The van der Waals surface area contributed by atoms with Crippen molar-refractivity contribution in [2.45, 2.75) is 32.4 Å². The predicted octanol–water partition coefficient (Wildman–Crippen LogP) is 0.673. The van der Waals surface area contributed by atoms with Crippen molar-refractivity contribution >= 4 is 5.91 Å². The molecule has 0 spiro atoms. The lowest BCUT2D eigenvalue weighted by Crippen LogP contribution is -2.30. The van der Waals surface area contributed by atoms with E-state index in [1.807, 2.05) is 13.0 Å². The summed E-state index contributed by atoms with van der Waals surface area (Å²) in [6, 6.07) is 3.41. The van der Waals surface area contributed by atoms with Crippen LogP contribution < -0.4 is 5.32 Å². The fraction of sp³-hybridized carbons (Fsp3) is 0.462. The summed E-state index contributed by atoms with van der Waals surface area (Å²) in [5.41, 5.74) is 0.769. The molecule has 7 nitrogen and oxygen atoms in total. The summed E-state index contributed by atoms with van der Waals surface area (Å²) in [4.78, 5) is 11.9. The number of aliphatic hydroxyl groups excluding tert-OH is 1. The van der Waals surface area contributed by atoms with Crippen LogP contribution in [-0.4, -0.2) is 32.6 Å². The first-order chi connectivity index (χ1) is 9.69. The third-order valence-electron chi connectivity index (χ3n) is 2.83. The standard InChI is InChI=1S/C13H18N4O3/c1-10(12-5-3-7-20-12)14-13(19)9-17-8-11(15-16-17)4-2-6-18/h3,5,7-8,10,18H,2,4,6,9H2,1H3,(H,14,19). The molecule has 2 aromatic rings. The number of hydrogen-bond acceptors (Lipinski definition) is 5. The van der Waals surface area contributed by atoms with Gasteiger partial charge >= 0.3 is 0 Å². The topological polar surface area (TPSA) is 93.2 Å². The fourth-order valence-electron chi connectivity index (χ4n) is 1.83. The van der Waals surface area contributed by atoms with Gasteiger partial charge in [0, 0.05) is 12.8 Å². The van der Waals surface area contributed by atoms with Crippen LogP contribution in [0.4, 0.5) is 0 Å². The molecule has 1 unspecified atom stereocenters. The molecule has 7 heteroatoms. The minimum absolute atomic E-state index is 0.108. The lowest BCUT2D eigenvalue weighted by atomic mass is 10.2. The maximum atomic E-state index is 11.9. The molecule has 0 aliphatic carbocycles. The van der Waals surface area contributed by atoms with Crippen molar-refractivity contribution in [3.05, 3.63) is 36.0 Å². The molecule has 0 bridgehead atoms. The normalized spacial score (nSPS) is 12.3. The largest absolute Gasteiger partial charge is 0.467 e. The van der Waals surface area contributed by atoms with Gasteiger partial charge in [0.15, 0.2) is 0 Å². The van der Waals surface area contributed by atoms with E-state index in [9.17, 15) is 4.79 Å². The van der Waals surface area contributed by atoms with E-state index in [2.05, 4.69) is 15.6 Å². The van der Waals surface area contributed by atoms with Crippen LogP contribution in [-0.2, 0) is 17.8 Å². The number of aryl methyl sites for hydroxylation is 1. The summed E-state index contributed by atoms with van der Waals surface area (Å²) >= 11 is 0. The Balaban J connectivity index is 1.83. The van der Waals surface area contributed by atoms with Crippen molar-refractivity contribution in [1.82, 2.24) is 20.3 Å². The van der Waals surface area contributed by atoms with E-state index in [4.69, 9.17) is 9.52 Å². The summed E-state index contributed by atoms with van der Waals surface area (Å²) in [6.45, 7) is 2.08. The number of carbonyl (C=O) groups is 1. The number of aliphatic hydroxyl groups is 1. The van der Waals surface area contributed by atoms with E-state index in [0.29, 0.717) is 18.6 Å². The average Bonchev–Trinajstić information content (AvgIpc) is 3.07. The third kappa shape index (κ3) is 3.92. The number of furan rings is 1. The number of amides is 1. The summed E-state index contributed by atoms with van der Waals surface area (Å²) in [6.07, 6.45) is 4.58. The molecule has 0 fully saturated rings. The van der Waals surface area contributed by atoms with E-state index < -0.39 is 0 Å². The smallest absolute Gasteiger partial charge is 0.242 e. The highest BCUT2D eigenvalue weighted by Crippen LogP contribution is 2.11. The zero-order valence-corrected chi connectivity index (χ0v) is 11.3. The summed E-state index contributed by atoms with van der Waals surface area (Å²) < 4.78 is 6.70. The molecule has 0 aliphatic rings. The Morgan fingerprint density at radius 1 is 1.60 bits per heavy atom. The molecular formula is C13H18N4O3. The second-order valence-electron chi connectivity index (χ2n) is 4.54. The monoisotopic (exact) mass is 278 g/mol. The zero-order valence-electron chi connectivity index (χ0n) is 11.3. The zero-order chi connectivity index (χ0) is 14.4. The number of hydrogen-bond donors (Lipinski definition) is 2. The number of rotatable bonds is 7. The first kappa shape index (κ1) is 14.3. The molecule has 20 heavy (non-hydrogen) atoms. The molecule has 1 amide bonds. The number of nitrogens with one attached hydrogen (secondary N) is 1. The van der Waals surface area contributed by atoms with Gasteiger partial charge in [-0.1, -0.05) is 5.21 Å². The molecule has 2 heterocycles. The van der Waals surface area contributed by atoms with Crippen LogP contribution >= 0.6 is 0 Å². The van der Waals surface area contributed by atoms with Crippen LogP contribution in [0.15, 0.2) is 29.0 Å². The summed E-state index contributed by atoms with van der Waals surface area (Å²) in [7, 11) is 0. The van der Waals surface area contributed by atoms with E-state index in [0.717, 1.165) is 5.69 Å². The van der Waals surface area contributed by atoms with Crippen molar-refractivity contribution in [1.29, 1.82) is 0 Å². The lowest BCUT2D eigenvalue weighted by molar-refractivity contribution is -0.122. The van der Waals surface area contributed by atoms with Crippen LogP contribution in [0.1, 0.15) is 30.8 Å². The van der Waals surface area contributed by atoms with E-state index in [1.54, 1.807) is 18.5 Å². The molecule has 0 radical (unpaired) electrons. The van der Waals surface area contributed by atoms with Crippen LogP contribution in [0.25, 0.3) is 0 Å². The van der Waals surface area contributed by atoms with E-state index in [1.165, 1.54) is 4.68 Å². The van der Waals surface area contributed by atoms with E-state index >= 15 is 0 Å². The quantitative estimate of drug-likeness (QED) is 0.776. The van der Waals surface area contributed by atoms with Gasteiger partial charge < -0.3 is 14.8 Å². The molecule has 2 N–H and O–H groups in total. The Bertz CT molecular complexity index is 536. The van der Waals surface area contributed by atoms with E-state index in [-0.39, 0.29) is 25.1 Å². The minimum atomic E-state index is -0.185. The van der Waals surface area contributed by atoms with Gasteiger partial charge in [-0.15, -0.1) is 5.10 Å². The summed E-state index contributed by atoms with van der Waals surface area (Å²) in [5.74, 6) is 0.549. The molecule has 108 valence electrons. The van der Waals surface area contributed by atoms with Crippen molar-refractivity contribution in [2.24, 2.45) is 0 Å². The lowest BCUT2D eigenvalue weighted by Gasteiger charge is -2.10. The van der Waals surface area contributed by atoms with Crippen molar-refractivity contribution < 1.29 is 14.3 Å². The van der Waals surface area contributed by atoms with Gasteiger partial charge in [0.1, 0.15) is 12.3 Å². The molecule has 0 saturated heterocycles. The van der Waals surface area contributed by atoms with Crippen LogP contribution in [0, 0.1) is 0 Å². The van der Waals surface area contributed by atoms with Crippen molar-refractivity contribution in [2.75, 3.05) is 6.61 Å². The maximum Gasteiger partial charge on any atom is 0.242 e. The van der Waals surface area contributed by atoms with Gasteiger partial charge in [-0.25, -0.2) is 4.68 Å². The Labute approximate surface area is 116 Å².